The maximum absolute atomic E-state index is 11.3. The van der Waals surface area contributed by atoms with Crippen LogP contribution in [0.15, 0.2) is 54.7 Å². The van der Waals surface area contributed by atoms with Crippen molar-refractivity contribution < 1.29 is 9.53 Å². The van der Waals surface area contributed by atoms with Gasteiger partial charge in [-0.2, -0.15) is 0 Å². The van der Waals surface area contributed by atoms with Gasteiger partial charge >= 0.3 is 0 Å². The van der Waals surface area contributed by atoms with E-state index in [1.807, 2.05) is 12.1 Å². The number of nitrogens with one attached hydrogen (secondary N) is 1. The van der Waals surface area contributed by atoms with Crippen molar-refractivity contribution in [2.24, 2.45) is 17.1 Å². The molecule has 33 heavy (non-hydrogen) atoms. The predicted octanol–water partition coefficient (Wildman–Crippen LogP) is 6.21. The normalized spacial score (nSPS) is 18.9. The molecule has 0 aliphatic heterocycles. The van der Waals surface area contributed by atoms with Crippen LogP contribution in [-0.2, 0) is 6.54 Å². The van der Waals surface area contributed by atoms with Gasteiger partial charge in [-0.15, -0.1) is 0 Å². The molecule has 0 atom stereocenters. The van der Waals surface area contributed by atoms with Gasteiger partial charge in [-0.1, -0.05) is 57.5 Å². The molecule has 0 spiro atoms. The zero-order valence-electron chi connectivity index (χ0n) is 19.9. The first-order valence-electron chi connectivity index (χ1n) is 12.0. The Morgan fingerprint density at radius 1 is 1.06 bits per heavy atom. The number of aromatic nitrogens is 1. The summed E-state index contributed by atoms with van der Waals surface area (Å²) in [7, 11) is 0. The van der Waals surface area contributed by atoms with Gasteiger partial charge in [-0.3, -0.25) is 4.79 Å². The number of ether oxygens (including phenoxy) is 1. The van der Waals surface area contributed by atoms with Gasteiger partial charge in [0, 0.05) is 30.2 Å². The van der Waals surface area contributed by atoms with E-state index < -0.39 is 5.91 Å². The van der Waals surface area contributed by atoms with E-state index in [0.29, 0.717) is 22.9 Å². The molecular weight excluding hydrogens is 410 g/mol. The minimum absolute atomic E-state index is 0.362. The molecule has 1 aliphatic rings. The SMILES string of the molecule is CCC(C)(C)[C@H]1CC[C@@H](NCc2ccc(Oc3ccc(C(N)=O)cn3)c3ccccc23)CC1. The molecule has 1 aliphatic carbocycles. The number of carbonyl (C=O) groups excluding carboxylic acids is 1. The van der Waals surface area contributed by atoms with Crippen LogP contribution in [0.5, 0.6) is 11.6 Å². The van der Waals surface area contributed by atoms with E-state index in [0.717, 1.165) is 23.6 Å². The molecule has 1 aromatic heterocycles. The molecule has 5 nitrogen and oxygen atoms in total. The Bertz CT molecular complexity index is 1100. The molecule has 0 unspecified atom stereocenters. The van der Waals surface area contributed by atoms with E-state index in [2.05, 4.69) is 55.3 Å². The van der Waals surface area contributed by atoms with Crippen molar-refractivity contribution in [2.45, 2.75) is 65.5 Å². The zero-order chi connectivity index (χ0) is 23.4. The van der Waals surface area contributed by atoms with Gasteiger partial charge in [0.15, 0.2) is 0 Å². The third kappa shape index (κ3) is 5.36. The molecule has 1 fully saturated rings. The van der Waals surface area contributed by atoms with Crippen molar-refractivity contribution in [1.82, 2.24) is 10.3 Å². The summed E-state index contributed by atoms with van der Waals surface area (Å²) in [6.45, 7) is 8.00. The van der Waals surface area contributed by atoms with Gasteiger partial charge in [-0.05, 0) is 60.1 Å². The van der Waals surface area contributed by atoms with Crippen LogP contribution in [0, 0.1) is 11.3 Å². The highest BCUT2D eigenvalue weighted by molar-refractivity contribution is 5.92. The van der Waals surface area contributed by atoms with Crippen molar-refractivity contribution in [1.29, 1.82) is 0 Å². The lowest BCUT2D eigenvalue weighted by Gasteiger charge is -2.39. The summed E-state index contributed by atoms with van der Waals surface area (Å²) >= 11 is 0. The Labute approximate surface area is 196 Å². The van der Waals surface area contributed by atoms with Gasteiger partial charge in [0.2, 0.25) is 11.8 Å². The third-order valence-corrected chi connectivity index (χ3v) is 7.53. The molecular formula is C28H35N3O2. The highest BCUT2D eigenvalue weighted by Crippen LogP contribution is 2.40. The molecule has 2 aromatic carbocycles. The van der Waals surface area contributed by atoms with Crippen LogP contribution in [0.2, 0.25) is 0 Å². The van der Waals surface area contributed by atoms with Crippen LogP contribution in [0.1, 0.15) is 68.8 Å². The van der Waals surface area contributed by atoms with Crippen LogP contribution >= 0.6 is 0 Å². The number of fused-ring (bicyclic) bond motifs is 1. The van der Waals surface area contributed by atoms with E-state index in [1.54, 1.807) is 12.1 Å². The summed E-state index contributed by atoms with van der Waals surface area (Å²) in [5.41, 5.74) is 7.38. The number of nitrogens with two attached hydrogens (primary N) is 1. The topological polar surface area (TPSA) is 77.2 Å². The van der Waals surface area contributed by atoms with Crippen LogP contribution in [0.25, 0.3) is 10.8 Å². The highest BCUT2D eigenvalue weighted by Gasteiger charge is 2.31. The average Bonchev–Trinajstić information content (AvgIpc) is 2.84. The van der Waals surface area contributed by atoms with Crippen molar-refractivity contribution in [3.63, 3.8) is 0 Å². The summed E-state index contributed by atoms with van der Waals surface area (Å²) in [6, 6.07) is 16.3. The largest absolute Gasteiger partial charge is 0.438 e. The molecule has 5 heteroatoms. The second kappa shape index (κ2) is 9.92. The Morgan fingerprint density at radius 2 is 1.79 bits per heavy atom. The molecule has 1 saturated carbocycles. The molecule has 4 rings (SSSR count). The number of nitrogens with zero attached hydrogens (tertiary/aromatic N) is 1. The molecule has 174 valence electrons. The van der Waals surface area contributed by atoms with E-state index >= 15 is 0 Å². The predicted molar refractivity (Wildman–Crippen MR) is 133 cm³/mol. The number of hydrogen-bond donors (Lipinski definition) is 2. The summed E-state index contributed by atoms with van der Waals surface area (Å²) in [5, 5.41) is 6.03. The fraction of sp³-hybridized carbons (Fsp3) is 0.429. The van der Waals surface area contributed by atoms with Crippen LogP contribution in [0.3, 0.4) is 0 Å². The van der Waals surface area contributed by atoms with Gasteiger partial charge < -0.3 is 15.8 Å². The maximum Gasteiger partial charge on any atom is 0.250 e. The fourth-order valence-corrected chi connectivity index (χ4v) is 4.90. The van der Waals surface area contributed by atoms with Gasteiger partial charge in [0.1, 0.15) is 5.75 Å². The van der Waals surface area contributed by atoms with E-state index in [1.165, 1.54) is 49.3 Å². The number of carbonyl (C=O) groups is 1. The fourth-order valence-electron chi connectivity index (χ4n) is 4.90. The van der Waals surface area contributed by atoms with Gasteiger partial charge in [-0.25, -0.2) is 4.98 Å². The number of primary amides is 1. The van der Waals surface area contributed by atoms with E-state index in [9.17, 15) is 4.79 Å². The first-order valence-corrected chi connectivity index (χ1v) is 12.0. The van der Waals surface area contributed by atoms with E-state index in [4.69, 9.17) is 10.5 Å². The number of benzene rings is 2. The average molecular weight is 446 g/mol. The first-order chi connectivity index (χ1) is 15.9. The standard InChI is InChI=1S/C28H35N3O2/c1-4-28(2,3)21-11-13-22(14-12-21)30-17-19-9-15-25(24-8-6-5-7-23(19)24)33-26-16-10-20(18-31-26)27(29)32/h5-10,15-16,18,21-22,30H,4,11-14,17H2,1-3H3,(H2,29,32)/t21-,22+. The summed E-state index contributed by atoms with van der Waals surface area (Å²) in [4.78, 5) is 15.5. The number of rotatable bonds is 8. The molecule has 1 heterocycles. The quantitative estimate of drug-likeness (QED) is 0.432. The van der Waals surface area contributed by atoms with Crippen molar-refractivity contribution in [2.75, 3.05) is 0 Å². The smallest absolute Gasteiger partial charge is 0.250 e. The second-order valence-electron chi connectivity index (χ2n) is 9.89. The lowest BCUT2D eigenvalue weighted by atomic mass is 9.69. The summed E-state index contributed by atoms with van der Waals surface area (Å²) in [6.07, 6.45) is 7.82. The monoisotopic (exact) mass is 445 g/mol. The van der Waals surface area contributed by atoms with E-state index in [-0.39, 0.29) is 0 Å². The number of amides is 1. The molecule has 0 bridgehead atoms. The Morgan fingerprint density at radius 3 is 2.42 bits per heavy atom. The lowest BCUT2D eigenvalue weighted by molar-refractivity contribution is 0.1000. The minimum atomic E-state index is -0.501. The number of pyridine rings is 1. The van der Waals surface area contributed by atoms with Crippen LogP contribution in [-0.4, -0.2) is 16.9 Å². The van der Waals surface area contributed by atoms with Crippen molar-refractivity contribution in [3.05, 3.63) is 65.9 Å². The maximum atomic E-state index is 11.3. The van der Waals surface area contributed by atoms with Crippen molar-refractivity contribution in [3.8, 4) is 11.6 Å². The Balaban J connectivity index is 1.44. The third-order valence-electron chi connectivity index (χ3n) is 7.53. The Kier molecular flexibility index (Phi) is 6.99. The van der Waals surface area contributed by atoms with Gasteiger partial charge in [0.05, 0.1) is 5.56 Å². The Hall–Kier alpha value is -2.92. The van der Waals surface area contributed by atoms with Crippen LogP contribution in [0.4, 0.5) is 0 Å². The molecule has 0 saturated heterocycles. The second-order valence-corrected chi connectivity index (χ2v) is 9.89. The van der Waals surface area contributed by atoms with Gasteiger partial charge in [0.25, 0.3) is 0 Å². The summed E-state index contributed by atoms with van der Waals surface area (Å²) < 4.78 is 6.05. The molecule has 1 amide bonds. The van der Waals surface area contributed by atoms with Crippen molar-refractivity contribution >= 4 is 16.7 Å². The molecule has 0 radical (unpaired) electrons. The molecule has 3 aromatic rings. The zero-order valence-corrected chi connectivity index (χ0v) is 19.9. The number of hydrogen-bond acceptors (Lipinski definition) is 4. The summed E-state index contributed by atoms with van der Waals surface area (Å²) in [5.74, 6) is 1.51. The minimum Gasteiger partial charge on any atom is -0.438 e. The first kappa shape index (κ1) is 23.2. The highest BCUT2D eigenvalue weighted by atomic mass is 16.5. The van der Waals surface area contributed by atoms with Crippen LogP contribution < -0.4 is 15.8 Å². The lowest BCUT2D eigenvalue weighted by Crippen LogP contribution is -2.36. The molecule has 3 N–H and O–H groups in total.